The third kappa shape index (κ3) is 3.53. The lowest BCUT2D eigenvalue weighted by Crippen LogP contribution is -2.41. The molecule has 0 aliphatic carbocycles. The third-order valence-corrected chi connectivity index (χ3v) is 3.29. The average molecular weight is 250 g/mol. The van der Waals surface area contributed by atoms with E-state index in [1.165, 1.54) is 0 Å². The Kier molecular flexibility index (Phi) is 4.70. The Labute approximate surface area is 107 Å². The minimum absolute atomic E-state index is 0.309. The zero-order valence-electron chi connectivity index (χ0n) is 10.4. The second-order valence-electron chi connectivity index (χ2n) is 4.69. The molecule has 1 atom stereocenters. The molecule has 0 saturated carbocycles. The van der Waals surface area contributed by atoms with E-state index in [2.05, 4.69) is 5.32 Å². The van der Waals surface area contributed by atoms with Gasteiger partial charge in [-0.25, -0.2) is 4.39 Å². The fourth-order valence-electron chi connectivity index (χ4n) is 2.32. The molecule has 1 aliphatic rings. The molecule has 3 nitrogen and oxygen atoms in total. The summed E-state index contributed by atoms with van der Waals surface area (Å²) >= 11 is 0. The van der Waals surface area contributed by atoms with Crippen LogP contribution in [0.5, 0.6) is 0 Å². The Morgan fingerprint density at radius 3 is 2.78 bits per heavy atom. The summed E-state index contributed by atoms with van der Waals surface area (Å²) in [6.07, 6.45) is 2.19. The molecule has 2 rings (SSSR count). The van der Waals surface area contributed by atoms with E-state index in [9.17, 15) is 9.18 Å². The normalized spacial score (nSPS) is 18.8. The summed E-state index contributed by atoms with van der Waals surface area (Å²) in [7, 11) is 0. The van der Waals surface area contributed by atoms with Crippen LogP contribution in [-0.2, 0) is 11.3 Å². The quantitative estimate of drug-likeness (QED) is 0.863. The minimum atomic E-state index is -0.917. The Balaban J connectivity index is 1.98. The molecule has 1 saturated heterocycles. The Hall–Kier alpha value is -1.42. The topological polar surface area (TPSA) is 32.3 Å². The van der Waals surface area contributed by atoms with Crippen LogP contribution in [0.25, 0.3) is 0 Å². The number of hydrogen-bond acceptors (Lipinski definition) is 2. The van der Waals surface area contributed by atoms with E-state index in [1.54, 1.807) is 4.90 Å². The number of rotatable bonds is 5. The van der Waals surface area contributed by atoms with Crippen LogP contribution in [0.3, 0.4) is 0 Å². The predicted octanol–water partition coefficient (Wildman–Crippen LogP) is 1.74. The van der Waals surface area contributed by atoms with E-state index in [0.717, 1.165) is 24.9 Å². The number of nitrogens with zero attached hydrogens (tertiary/aromatic N) is 1. The first-order valence-electron chi connectivity index (χ1n) is 6.40. The zero-order valence-corrected chi connectivity index (χ0v) is 10.4. The highest BCUT2D eigenvalue weighted by Gasteiger charge is 2.21. The Morgan fingerprint density at radius 1 is 1.39 bits per heavy atom. The van der Waals surface area contributed by atoms with Crippen molar-refractivity contribution in [2.45, 2.75) is 25.4 Å². The summed E-state index contributed by atoms with van der Waals surface area (Å²) in [6, 6.07) is 10.0. The molecule has 18 heavy (non-hydrogen) atoms. The molecule has 0 bridgehead atoms. The van der Waals surface area contributed by atoms with Crippen molar-refractivity contribution in [2.24, 2.45) is 0 Å². The van der Waals surface area contributed by atoms with Crippen molar-refractivity contribution in [3.05, 3.63) is 35.9 Å². The van der Waals surface area contributed by atoms with Crippen LogP contribution >= 0.6 is 0 Å². The summed E-state index contributed by atoms with van der Waals surface area (Å²) in [4.78, 5) is 13.2. The van der Waals surface area contributed by atoms with Gasteiger partial charge >= 0.3 is 0 Å². The molecular weight excluding hydrogens is 231 g/mol. The molecular formula is C14H19FN2O. The van der Waals surface area contributed by atoms with Crippen molar-refractivity contribution in [1.29, 1.82) is 0 Å². The van der Waals surface area contributed by atoms with Crippen LogP contribution in [0.2, 0.25) is 0 Å². The second kappa shape index (κ2) is 6.50. The summed E-state index contributed by atoms with van der Waals surface area (Å²) in [5.41, 5.74) is 1.04. The monoisotopic (exact) mass is 250 g/mol. The van der Waals surface area contributed by atoms with Gasteiger partial charge in [-0.1, -0.05) is 30.3 Å². The Bertz CT molecular complexity index is 377. The fraction of sp³-hybridized carbons (Fsp3) is 0.500. The molecule has 1 aliphatic heterocycles. The van der Waals surface area contributed by atoms with Crippen molar-refractivity contribution < 1.29 is 9.18 Å². The van der Waals surface area contributed by atoms with Gasteiger partial charge in [-0.15, -0.1) is 0 Å². The van der Waals surface area contributed by atoms with Gasteiger partial charge in [0.2, 0.25) is 0 Å². The number of amides is 1. The maximum Gasteiger partial charge on any atom is 0.254 e. The predicted molar refractivity (Wildman–Crippen MR) is 68.9 cm³/mol. The van der Waals surface area contributed by atoms with E-state index >= 15 is 0 Å². The van der Waals surface area contributed by atoms with Crippen molar-refractivity contribution in [1.82, 2.24) is 10.2 Å². The summed E-state index contributed by atoms with van der Waals surface area (Å²) in [5, 5.41) is 3.34. The first kappa shape index (κ1) is 13.0. The van der Waals surface area contributed by atoms with E-state index < -0.39 is 12.6 Å². The molecule has 98 valence electrons. The lowest BCUT2D eigenvalue weighted by Gasteiger charge is -2.25. The largest absolute Gasteiger partial charge is 0.335 e. The number of carbonyl (C=O) groups excluding carboxylic acids is 1. The van der Waals surface area contributed by atoms with Gasteiger partial charge in [-0.2, -0.15) is 0 Å². The van der Waals surface area contributed by atoms with E-state index in [0.29, 0.717) is 19.1 Å². The molecule has 1 amide bonds. The number of benzene rings is 1. The van der Waals surface area contributed by atoms with Crippen molar-refractivity contribution in [3.63, 3.8) is 0 Å². The number of carbonyl (C=O) groups is 1. The lowest BCUT2D eigenvalue weighted by molar-refractivity contribution is -0.133. The molecule has 1 fully saturated rings. The summed E-state index contributed by atoms with van der Waals surface area (Å²) in [5.74, 6) is -0.424. The van der Waals surface area contributed by atoms with E-state index in [1.807, 2.05) is 30.3 Å². The van der Waals surface area contributed by atoms with Gasteiger partial charge in [0.05, 0.1) is 0 Å². The molecule has 0 aromatic heterocycles. The van der Waals surface area contributed by atoms with Crippen molar-refractivity contribution in [3.8, 4) is 0 Å². The lowest BCUT2D eigenvalue weighted by atomic mass is 10.1. The fourth-order valence-corrected chi connectivity index (χ4v) is 2.32. The zero-order chi connectivity index (χ0) is 12.8. The Morgan fingerprint density at radius 2 is 2.17 bits per heavy atom. The van der Waals surface area contributed by atoms with Gasteiger partial charge in [0.1, 0.15) is 0 Å². The average Bonchev–Trinajstić information content (AvgIpc) is 2.91. The minimum Gasteiger partial charge on any atom is -0.335 e. The van der Waals surface area contributed by atoms with Gasteiger partial charge < -0.3 is 10.2 Å². The first-order chi connectivity index (χ1) is 8.79. The van der Waals surface area contributed by atoms with Gasteiger partial charge in [-0.05, 0) is 24.9 Å². The highest BCUT2D eigenvalue weighted by molar-refractivity contribution is 5.77. The van der Waals surface area contributed by atoms with Gasteiger partial charge in [0.15, 0.2) is 6.67 Å². The number of halogens is 1. The first-order valence-corrected chi connectivity index (χ1v) is 6.40. The molecule has 1 aromatic rings. The molecule has 1 N–H and O–H groups in total. The number of alkyl halides is 1. The maximum absolute atomic E-state index is 12.6. The molecule has 0 radical (unpaired) electrons. The summed E-state index contributed by atoms with van der Waals surface area (Å²) in [6.45, 7) is 1.16. The highest BCUT2D eigenvalue weighted by atomic mass is 19.1. The van der Waals surface area contributed by atoms with Crippen LogP contribution in [-0.4, -0.2) is 36.6 Å². The van der Waals surface area contributed by atoms with Crippen LogP contribution in [0.4, 0.5) is 4.39 Å². The van der Waals surface area contributed by atoms with Crippen molar-refractivity contribution >= 4 is 5.91 Å². The smallest absolute Gasteiger partial charge is 0.254 e. The van der Waals surface area contributed by atoms with Gasteiger partial charge in [0, 0.05) is 19.1 Å². The second-order valence-corrected chi connectivity index (χ2v) is 4.69. The van der Waals surface area contributed by atoms with Gasteiger partial charge in [0.25, 0.3) is 5.91 Å². The van der Waals surface area contributed by atoms with Crippen LogP contribution < -0.4 is 5.32 Å². The number of hydrogen-bond donors (Lipinski definition) is 1. The third-order valence-electron chi connectivity index (χ3n) is 3.29. The van der Waals surface area contributed by atoms with Crippen molar-refractivity contribution in [2.75, 3.05) is 19.8 Å². The number of nitrogens with one attached hydrogen (secondary N) is 1. The van der Waals surface area contributed by atoms with Crippen LogP contribution in [0.1, 0.15) is 18.4 Å². The van der Waals surface area contributed by atoms with E-state index in [-0.39, 0.29) is 0 Å². The van der Waals surface area contributed by atoms with E-state index in [4.69, 9.17) is 0 Å². The molecule has 0 unspecified atom stereocenters. The van der Waals surface area contributed by atoms with Crippen LogP contribution in [0.15, 0.2) is 30.3 Å². The maximum atomic E-state index is 12.6. The molecule has 1 heterocycles. The molecule has 0 spiro atoms. The highest BCUT2D eigenvalue weighted by Crippen LogP contribution is 2.11. The summed E-state index contributed by atoms with van der Waals surface area (Å²) < 4.78 is 12.6. The SMILES string of the molecule is O=C(CF)N(Cc1ccccc1)C[C@@H]1CCCN1. The van der Waals surface area contributed by atoms with Crippen LogP contribution in [0, 0.1) is 0 Å². The molecule has 4 heteroatoms. The molecule has 1 aromatic carbocycles. The standard InChI is InChI=1S/C14H19FN2O/c15-9-14(18)17(11-13-7-4-8-16-13)10-12-5-2-1-3-6-12/h1-3,5-6,13,16H,4,7-11H2/t13-/m0/s1. The van der Waals surface area contributed by atoms with Gasteiger partial charge in [-0.3, -0.25) is 4.79 Å².